The van der Waals surface area contributed by atoms with Crippen molar-refractivity contribution in [3.8, 4) is 5.69 Å². The molecule has 35 heavy (non-hydrogen) atoms. The molecule has 184 valence electrons. The van der Waals surface area contributed by atoms with E-state index in [9.17, 15) is 27.6 Å². The minimum atomic E-state index is -4.55. The number of aromatic nitrogens is 2. The van der Waals surface area contributed by atoms with Gasteiger partial charge < -0.3 is 10.6 Å². The minimum Gasteiger partial charge on any atom is -0.350 e. The fourth-order valence-corrected chi connectivity index (χ4v) is 3.28. The molecule has 0 aliphatic rings. The highest BCUT2D eigenvalue weighted by atomic mass is 19.4. The average molecular weight is 486 g/mol. The molecule has 1 atom stereocenters. The molecule has 0 radical (unpaired) electrons. The molecule has 0 aliphatic heterocycles. The molecule has 0 spiro atoms. The highest BCUT2D eigenvalue weighted by Crippen LogP contribution is 2.30. The maximum absolute atomic E-state index is 13.1. The molecule has 0 aliphatic carbocycles. The number of aryl methyl sites for hydroxylation is 1. The van der Waals surface area contributed by atoms with Gasteiger partial charge in [-0.2, -0.15) is 18.3 Å². The molecule has 2 amide bonds. The van der Waals surface area contributed by atoms with Gasteiger partial charge in [-0.1, -0.05) is 25.1 Å². The molecule has 7 nitrogen and oxygen atoms in total. The Bertz CT molecular complexity index is 1300. The molecule has 0 bridgehead atoms. The summed E-state index contributed by atoms with van der Waals surface area (Å²) in [7, 11) is 0. The first-order valence-corrected chi connectivity index (χ1v) is 11.0. The molecule has 3 rings (SSSR count). The number of benzene rings is 2. The summed E-state index contributed by atoms with van der Waals surface area (Å²) in [6, 6.07) is 12.3. The molecule has 0 saturated heterocycles. The van der Waals surface area contributed by atoms with E-state index >= 15 is 0 Å². The molecule has 1 unspecified atom stereocenters. The summed E-state index contributed by atoms with van der Waals surface area (Å²) < 4.78 is 40.4. The topological polar surface area (TPSA) is 93.1 Å². The second-order valence-electron chi connectivity index (χ2n) is 8.12. The van der Waals surface area contributed by atoms with Crippen molar-refractivity contribution >= 4 is 11.8 Å². The lowest BCUT2D eigenvalue weighted by Crippen LogP contribution is -2.32. The van der Waals surface area contributed by atoms with Crippen molar-refractivity contribution in [2.45, 2.75) is 46.0 Å². The summed E-state index contributed by atoms with van der Waals surface area (Å²) in [5.41, 5.74) is -0.614. The predicted octanol–water partition coefficient (Wildman–Crippen LogP) is 4.02. The Morgan fingerprint density at radius 3 is 2.46 bits per heavy atom. The Balaban J connectivity index is 1.81. The molecule has 0 saturated carbocycles. The molecule has 3 aromatic rings. The lowest BCUT2D eigenvalue weighted by molar-refractivity contribution is -0.137. The van der Waals surface area contributed by atoms with E-state index in [-0.39, 0.29) is 29.9 Å². The molecule has 2 N–H and O–H groups in total. The second-order valence-corrected chi connectivity index (χ2v) is 8.12. The van der Waals surface area contributed by atoms with Gasteiger partial charge in [0.1, 0.15) is 0 Å². The standard InChI is InChI=1S/C25H25F3N4O3/c1-4-15(2)30-23(34)18-8-5-7-17(12-18)14-29-24(35)22-21(33)11-16(3)32(31-22)20-10-6-9-19(13-20)25(26,27)28/h5-13,15H,4,14H2,1-3H3,(H,29,35)(H,30,34). The molecule has 2 aromatic carbocycles. The van der Waals surface area contributed by atoms with Crippen LogP contribution in [0, 0.1) is 6.92 Å². The Morgan fingerprint density at radius 2 is 1.77 bits per heavy atom. The molecular weight excluding hydrogens is 461 g/mol. The van der Waals surface area contributed by atoms with Crippen LogP contribution in [0.25, 0.3) is 5.69 Å². The molecule has 10 heteroatoms. The van der Waals surface area contributed by atoms with Crippen LogP contribution >= 0.6 is 0 Å². The third-order valence-corrected chi connectivity index (χ3v) is 5.37. The van der Waals surface area contributed by atoms with Crippen molar-refractivity contribution in [3.05, 3.63) is 92.9 Å². The van der Waals surface area contributed by atoms with Crippen LogP contribution in [0.4, 0.5) is 13.2 Å². The summed E-state index contributed by atoms with van der Waals surface area (Å²) in [6.07, 6.45) is -3.77. The van der Waals surface area contributed by atoms with Crippen molar-refractivity contribution in [1.29, 1.82) is 0 Å². The zero-order valence-corrected chi connectivity index (χ0v) is 19.4. The largest absolute Gasteiger partial charge is 0.416 e. The molecule has 1 aromatic heterocycles. The van der Waals surface area contributed by atoms with Crippen LogP contribution in [0.3, 0.4) is 0 Å². The van der Waals surface area contributed by atoms with Crippen LogP contribution in [-0.4, -0.2) is 27.6 Å². The molecule has 0 fully saturated rings. The number of rotatable bonds is 7. The first-order chi connectivity index (χ1) is 16.5. The van der Waals surface area contributed by atoms with E-state index in [2.05, 4.69) is 15.7 Å². The van der Waals surface area contributed by atoms with Gasteiger partial charge in [-0.3, -0.25) is 14.4 Å². The second kappa shape index (κ2) is 10.5. The highest BCUT2D eigenvalue weighted by Gasteiger charge is 2.30. The number of halogens is 3. The number of carbonyl (C=O) groups is 2. The lowest BCUT2D eigenvalue weighted by atomic mass is 10.1. The van der Waals surface area contributed by atoms with Crippen molar-refractivity contribution in [2.24, 2.45) is 0 Å². The number of hydrogen-bond donors (Lipinski definition) is 2. The van der Waals surface area contributed by atoms with Crippen LogP contribution in [-0.2, 0) is 12.7 Å². The Hall–Kier alpha value is -3.95. The number of alkyl halides is 3. The third kappa shape index (κ3) is 6.34. The maximum Gasteiger partial charge on any atom is 0.416 e. The summed E-state index contributed by atoms with van der Waals surface area (Å²) in [4.78, 5) is 37.5. The van der Waals surface area contributed by atoms with Gasteiger partial charge in [-0.15, -0.1) is 0 Å². The monoisotopic (exact) mass is 486 g/mol. The van der Waals surface area contributed by atoms with E-state index in [1.807, 2.05) is 13.8 Å². The summed E-state index contributed by atoms with van der Waals surface area (Å²) in [6.45, 7) is 5.37. The Labute approximate surface area is 200 Å². The van der Waals surface area contributed by atoms with Gasteiger partial charge >= 0.3 is 6.18 Å². The normalized spacial score (nSPS) is 12.2. The smallest absolute Gasteiger partial charge is 0.350 e. The van der Waals surface area contributed by atoms with Crippen LogP contribution in [0.5, 0.6) is 0 Å². The van der Waals surface area contributed by atoms with Crippen LogP contribution < -0.4 is 16.1 Å². The fourth-order valence-electron chi connectivity index (χ4n) is 3.28. The molecule has 1 heterocycles. The van der Waals surface area contributed by atoms with Crippen LogP contribution in [0.1, 0.15) is 57.9 Å². The van der Waals surface area contributed by atoms with Gasteiger partial charge in [-0.25, -0.2) is 4.68 Å². The quantitative estimate of drug-likeness (QED) is 0.528. The number of amides is 2. The van der Waals surface area contributed by atoms with E-state index in [1.54, 1.807) is 24.3 Å². The number of carbonyl (C=O) groups excluding carboxylic acids is 2. The maximum atomic E-state index is 13.1. The Morgan fingerprint density at radius 1 is 1.06 bits per heavy atom. The van der Waals surface area contributed by atoms with Gasteiger partial charge in [0.15, 0.2) is 5.69 Å². The number of hydrogen-bond acceptors (Lipinski definition) is 4. The van der Waals surface area contributed by atoms with Crippen LogP contribution in [0.2, 0.25) is 0 Å². The highest BCUT2D eigenvalue weighted by molar-refractivity contribution is 5.94. The SMILES string of the molecule is CCC(C)NC(=O)c1cccc(CNC(=O)c2nn(-c3cccc(C(F)(F)F)c3)c(C)cc2=O)c1. The first-order valence-electron chi connectivity index (χ1n) is 11.0. The third-order valence-electron chi connectivity index (χ3n) is 5.37. The number of nitrogens with zero attached hydrogens (tertiary/aromatic N) is 2. The van der Waals surface area contributed by atoms with Crippen molar-refractivity contribution in [1.82, 2.24) is 20.4 Å². The summed E-state index contributed by atoms with van der Waals surface area (Å²) >= 11 is 0. The van der Waals surface area contributed by atoms with Gasteiger partial charge in [0.05, 0.1) is 11.3 Å². The average Bonchev–Trinajstić information content (AvgIpc) is 2.82. The van der Waals surface area contributed by atoms with Crippen LogP contribution in [0.15, 0.2) is 59.4 Å². The van der Waals surface area contributed by atoms with Gasteiger partial charge in [0.25, 0.3) is 11.8 Å². The van der Waals surface area contributed by atoms with E-state index in [0.717, 1.165) is 29.3 Å². The lowest BCUT2D eigenvalue weighted by Gasteiger charge is -2.14. The van der Waals surface area contributed by atoms with E-state index in [1.165, 1.54) is 19.1 Å². The zero-order valence-electron chi connectivity index (χ0n) is 19.4. The fraction of sp³-hybridized carbons (Fsp3) is 0.280. The van der Waals surface area contributed by atoms with Gasteiger partial charge in [-0.05, 0) is 56.2 Å². The minimum absolute atomic E-state index is 0.0115. The summed E-state index contributed by atoms with van der Waals surface area (Å²) in [5, 5.41) is 9.47. The first kappa shape index (κ1) is 25.7. The van der Waals surface area contributed by atoms with Gasteiger partial charge in [0, 0.05) is 29.9 Å². The van der Waals surface area contributed by atoms with Crippen molar-refractivity contribution < 1.29 is 22.8 Å². The van der Waals surface area contributed by atoms with Crippen molar-refractivity contribution in [3.63, 3.8) is 0 Å². The predicted molar refractivity (Wildman–Crippen MR) is 124 cm³/mol. The summed E-state index contributed by atoms with van der Waals surface area (Å²) in [5.74, 6) is -1.03. The van der Waals surface area contributed by atoms with E-state index in [0.29, 0.717) is 11.1 Å². The van der Waals surface area contributed by atoms with E-state index < -0.39 is 28.8 Å². The molecular formula is C25H25F3N4O3. The zero-order chi connectivity index (χ0) is 25.8. The van der Waals surface area contributed by atoms with Crippen molar-refractivity contribution in [2.75, 3.05) is 0 Å². The van der Waals surface area contributed by atoms with Gasteiger partial charge in [0.2, 0.25) is 5.43 Å². The Kier molecular flexibility index (Phi) is 7.73. The van der Waals surface area contributed by atoms with E-state index in [4.69, 9.17) is 0 Å². The number of nitrogens with one attached hydrogen (secondary N) is 2.